The van der Waals surface area contributed by atoms with E-state index in [1.54, 1.807) is 13.8 Å². The van der Waals surface area contributed by atoms with Crippen LogP contribution in [0.1, 0.15) is 47.1 Å². The molecule has 0 bridgehead atoms. The molecular weight excluding hydrogens is 562 g/mol. The van der Waals surface area contributed by atoms with Gasteiger partial charge in [0.1, 0.15) is 28.6 Å². The number of alkyl halides is 3. The third-order valence-corrected chi connectivity index (χ3v) is 6.77. The van der Waals surface area contributed by atoms with E-state index in [1.165, 1.54) is 18.2 Å². The van der Waals surface area contributed by atoms with Crippen molar-refractivity contribution in [3.63, 3.8) is 0 Å². The van der Waals surface area contributed by atoms with Gasteiger partial charge in [0, 0.05) is 36.8 Å². The highest BCUT2D eigenvalue weighted by atomic mass is 32.2. The molecule has 1 aromatic carbocycles. The van der Waals surface area contributed by atoms with Crippen LogP contribution in [0.3, 0.4) is 0 Å². The molecule has 2 N–H and O–H groups in total. The molecule has 0 spiro atoms. The van der Waals surface area contributed by atoms with E-state index in [0.29, 0.717) is 5.76 Å². The van der Waals surface area contributed by atoms with Crippen LogP contribution in [-0.4, -0.2) is 60.0 Å². The quantitative estimate of drug-likeness (QED) is 0.287. The van der Waals surface area contributed by atoms with Crippen LogP contribution in [0.2, 0.25) is 0 Å². The highest BCUT2D eigenvalue weighted by Gasteiger charge is 2.42. The predicted octanol–water partition coefficient (Wildman–Crippen LogP) is 3.21. The van der Waals surface area contributed by atoms with Crippen LogP contribution in [0.5, 0.6) is 5.75 Å². The van der Waals surface area contributed by atoms with Gasteiger partial charge in [0.25, 0.3) is 5.91 Å². The summed E-state index contributed by atoms with van der Waals surface area (Å²) in [5.74, 6) is -2.87. The molecule has 0 aliphatic carbocycles. The second-order valence-electron chi connectivity index (χ2n) is 9.67. The molecule has 3 heterocycles. The summed E-state index contributed by atoms with van der Waals surface area (Å²) in [7, 11) is -3.69. The number of carbonyl (C=O) groups is 2. The Morgan fingerprint density at radius 1 is 1.30 bits per heavy atom. The van der Waals surface area contributed by atoms with Crippen molar-refractivity contribution in [2.75, 3.05) is 23.9 Å². The maximum Gasteiger partial charge on any atom is 0.389 e. The molecule has 1 aliphatic heterocycles. The minimum atomic E-state index is -4.32. The molecule has 16 heteroatoms. The molecule has 1 atom stereocenters. The zero-order chi connectivity index (χ0) is 29.5. The zero-order valence-corrected chi connectivity index (χ0v) is 22.4. The van der Waals surface area contributed by atoms with E-state index >= 15 is 4.39 Å². The smallest absolute Gasteiger partial charge is 0.389 e. The Balaban J connectivity index is 1.63. The van der Waals surface area contributed by atoms with E-state index < -0.39 is 51.4 Å². The number of anilines is 1. The molecule has 2 aromatic heterocycles. The molecule has 40 heavy (non-hydrogen) atoms. The van der Waals surface area contributed by atoms with E-state index in [1.807, 2.05) is 0 Å². The lowest BCUT2D eigenvalue weighted by Gasteiger charge is -2.34. The number of hydrogen-bond donors (Lipinski definition) is 2. The molecule has 0 unspecified atom stereocenters. The van der Waals surface area contributed by atoms with Gasteiger partial charge in [-0.25, -0.2) is 12.8 Å². The molecule has 1 aliphatic rings. The third kappa shape index (κ3) is 6.60. The van der Waals surface area contributed by atoms with Gasteiger partial charge in [-0.15, -0.1) is 0 Å². The van der Waals surface area contributed by atoms with Gasteiger partial charge in [-0.1, -0.05) is 11.2 Å². The van der Waals surface area contributed by atoms with Crippen LogP contribution in [-0.2, 0) is 26.6 Å². The van der Waals surface area contributed by atoms with Gasteiger partial charge in [-0.05, 0) is 26.3 Å². The zero-order valence-electron chi connectivity index (χ0n) is 21.6. The minimum absolute atomic E-state index is 0.0244. The van der Waals surface area contributed by atoms with Crippen molar-refractivity contribution in [3.05, 3.63) is 52.7 Å². The number of halogens is 4. The first-order valence-electron chi connectivity index (χ1n) is 11.9. The lowest BCUT2D eigenvalue weighted by Crippen LogP contribution is -2.49. The number of rotatable bonds is 9. The molecule has 0 saturated heterocycles. The Morgan fingerprint density at radius 3 is 2.62 bits per heavy atom. The van der Waals surface area contributed by atoms with Gasteiger partial charge in [-0.2, -0.15) is 23.0 Å². The second-order valence-corrected chi connectivity index (χ2v) is 11.8. The fraction of sp³-hybridized carbons (Fsp3) is 0.417. The van der Waals surface area contributed by atoms with Gasteiger partial charge in [-0.3, -0.25) is 9.59 Å². The fourth-order valence-corrected chi connectivity index (χ4v) is 4.87. The molecule has 4 rings (SSSR count). The lowest BCUT2D eigenvalue weighted by atomic mass is 9.83. The minimum Gasteiger partial charge on any atom is -0.493 e. The topological polar surface area (TPSA) is 145 Å². The number of sulfone groups is 1. The number of benzene rings is 1. The summed E-state index contributed by atoms with van der Waals surface area (Å²) >= 11 is 0. The van der Waals surface area contributed by atoms with Crippen molar-refractivity contribution in [2.24, 2.45) is 0 Å². The summed E-state index contributed by atoms with van der Waals surface area (Å²) in [4.78, 5) is 25.8. The highest BCUT2D eigenvalue weighted by molar-refractivity contribution is 7.91. The molecule has 3 aromatic rings. The molecule has 11 nitrogen and oxygen atoms in total. The summed E-state index contributed by atoms with van der Waals surface area (Å²) in [6.45, 7) is 2.90. The van der Waals surface area contributed by atoms with E-state index in [4.69, 9.17) is 9.26 Å². The van der Waals surface area contributed by atoms with Gasteiger partial charge in [0.15, 0.2) is 21.5 Å². The monoisotopic (exact) mass is 587 g/mol. The molecule has 0 fully saturated rings. The number of hydrogen-bond acceptors (Lipinski definition) is 8. The van der Waals surface area contributed by atoms with Crippen LogP contribution in [0, 0.1) is 12.7 Å². The number of nitrogens with one attached hydrogen (secondary N) is 2. The van der Waals surface area contributed by atoms with Gasteiger partial charge < -0.3 is 19.9 Å². The summed E-state index contributed by atoms with van der Waals surface area (Å²) in [5, 5.41) is 13.4. The maximum atomic E-state index is 15.2. The van der Waals surface area contributed by atoms with Crippen molar-refractivity contribution >= 4 is 27.5 Å². The Bertz CT molecular complexity index is 1570. The number of amides is 2. The Labute approximate surface area is 225 Å². The number of nitrogens with zero attached hydrogens (tertiary/aromatic N) is 3. The molecular formula is C24H25F4N5O6S. The number of aryl methyl sites for hydroxylation is 1. The fourth-order valence-electron chi connectivity index (χ4n) is 4.32. The van der Waals surface area contributed by atoms with E-state index in [2.05, 4.69) is 20.9 Å². The second kappa shape index (κ2) is 10.6. The highest BCUT2D eigenvalue weighted by Crippen LogP contribution is 2.37. The average Bonchev–Trinajstić information content (AvgIpc) is 3.38. The van der Waals surface area contributed by atoms with Crippen molar-refractivity contribution in [3.8, 4) is 11.6 Å². The van der Waals surface area contributed by atoms with Crippen molar-refractivity contribution in [2.45, 2.75) is 44.8 Å². The average molecular weight is 588 g/mol. The summed E-state index contributed by atoms with van der Waals surface area (Å²) in [5.41, 5.74) is -1.17. The normalized spacial score (nSPS) is 17.3. The van der Waals surface area contributed by atoms with Crippen molar-refractivity contribution < 1.29 is 44.8 Å². The van der Waals surface area contributed by atoms with E-state index in [0.717, 1.165) is 17.0 Å². The van der Waals surface area contributed by atoms with Gasteiger partial charge >= 0.3 is 6.18 Å². The predicted molar refractivity (Wildman–Crippen MR) is 132 cm³/mol. The number of carbonyl (C=O) groups excluding carboxylic acids is 2. The molecule has 216 valence electrons. The standard InChI is InChI=1S/C24H25F4N5O6S/c1-13-9-18(32-39-13)33-21(29-19(34)12-40(3,36)37)20-17(31-33)11-23(2,30-22(20)35)15-6-5-14(10-16(15)25)38-8-4-7-24(26,27)28/h5-6,9-10H,4,7-8,11-12H2,1-3H3,(H,29,34)(H,30,35)/t23-/m0/s1. The van der Waals surface area contributed by atoms with Gasteiger partial charge in [0.05, 0.1) is 17.8 Å². The third-order valence-electron chi connectivity index (χ3n) is 5.99. The SMILES string of the molecule is Cc1cc(-n2nc3c(c2NC(=O)CS(C)(=O)=O)C(=O)N[C@](C)(c2ccc(OCCCC(F)(F)F)cc2F)C3)no1. The van der Waals surface area contributed by atoms with Crippen LogP contribution >= 0.6 is 0 Å². The summed E-state index contributed by atoms with van der Waals surface area (Å²) in [6, 6.07) is 5.23. The first-order valence-corrected chi connectivity index (χ1v) is 14.0. The number of ether oxygens (including phenoxy) is 1. The van der Waals surface area contributed by atoms with Crippen molar-refractivity contribution in [1.82, 2.24) is 20.3 Å². The Morgan fingerprint density at radius 2 is 2.02 bits per heavy atom. The number of fused-ring (bicyclic) bond motifs is 1. The Hall–Kier alpha value is -3.95. The van der Waals surface area contributed by atoms with Crippen LogP contribution in [0.25, 0.3) is 5.82 Å². The first-order chi connectivity index (χ1) is 18.5. The van der Waals surface area contributed by atoms with Crippen molar-refractivity contribution in [1.29, 1.82) is 0 Å². The number of aromatic nitrogens is 3. The van der Waals surface area contributed by atoms with E-state index in [-0.39, 0.29) is 53.7 Å². The molecule has 0 radical (unpaired) electrons. The molecule has 0 saturated carbocycles. The van der Waals surface area contributed by atoms with Gasteiger partial charge in [0.2, 0.25) is 5.91 Å². The summed E-state index contributed by atoms with van der Waals surface area (Å²) < 4.78 is 86.8. The van der Waals surface area contributed by atoms with Crippen LogP contribution < -0.4 is 15.4 Å². The largest absolute Gasteiger partial charge is 0.493 e. The van der Waals surface area contributed by atoms with E-state index in [9.17, 15) is 31.2 Å². The first kappa shape index (κ1) is 29.0. The summed E-state index contributed by atoms with van der Waals surface area (Å²) in [6.07, 6.45) is -4.81. The maximum absolute atomic E-state index is 15.2. The van der Waals surface area contributed by atoms with Crippen LogP contribution in [0.15, 0.2) is 28.8 Å². The Kier molecular flexibility index (Phi) is 7.66. The molecule has 2 amide bonds. The van der Waals surface area contributed by atoms with Crippen LogP contribution in [0.4, 0.5) is 23.4 Å². The lowest BCUT2D eigenvalue weighted by molar-refractivity contribution is -0.136.